The molecule has 0 amide bonds. The molecule has 0 aliphatic carbocycles. The molecular weight excluding hydrogens is 294 g/mol. The molecule has 3 fully saturated rings. The van der Waals surface area contributed by atoms with Crippen LogP contribution in [0, 0.1) is 5.92 Å². The third kappa shape index (κ3) is 4.01. The van der Waals surface area contributed by atoms with Crippen molar-refractivity contribution in [2.45, 2.75) is 57.2 Å². The van der Waals surface area contributed by atoms with Gasteiger partial charge in [-0.2, -0.15) is 0 Å². The van der Waals surface area contributed by atoms with Gasteiger partial charge < -0.3 is 10.2 Å². The highest BCUT2D eigenvalue weighted by Gasteiger charge is 2.33. The van der Waals surface area contributed by atoms with E-state index in [1.54, 1.807) is 0 Å². The molecule has 3 aliphatic rings. The van der Waals surface area contributed by atoms with Gasteiger partial charge >= 0.3 is 0 Å². The first-order valence-electron chi connectivity index (χ1n) is 10.1. The van der Waals surface area contributed by atoms with E-state index >= 15 is 0 Å². The molecule has 3 heteroatoms. The van der Waals surface area contributed by atoms with Crippen molar-refractivity contribution < 1.29 is 0 Å². The Balaban J connectivity index is 1.23. The van der Waals surface area contributed by atoms with Crippen LogP contribution in [0.4, 0.5) is 0 Å². The summed E-state index contributed by atoms with van der Waals surface area (Å²) in [6.07, 6.45) is 8.48. The van der Waals surface area contributed by atoms with Crippen molar-refractivity contribution in [2.75, 3.05) is 32.7 Å². The zero-order valence-corrected chi connectivity index (χ0v) is 15.0. The summed E-state index contributed by atoms with van der Waals surface area (Å²) >= 11 is 0. The normalized spacial score (nSPS) is 31.9. The first-order valence-corrected chi connectivity index (χ1v) is 10.1. The van der Waals surface area contributed by atoms with E-state index in [1.165, 1.54) is 76.8 Å². The molecule has 3 atom stereocenters. The standard InChI is InChI=1S/C21H33N3/c1-2-7-18(8-3-1)16-23-14-11-20(17-23)22-15-19-9-6-13-24-12-5-4-10-21(19)24/h1-3,7-8,19-22H,4-6,9-17H2/t19-,20-,21+/m0/s1. The lowest BCUT2D eigenvalue weighted by atomic mass is 9.83. The molecule has 3 saturated heterocycles. The van der Waals surface area contributed by atoms with Gasteiger partial charge in [-0.3, -0.25) is 4.90 Å². The van der Waals surface area contributed by atoms with Gasteiger partial charge in [-0.25, -0.2) is 0 Å². The fourth-order valence-corrected chi connectivity index (χ4v) is 5.12. The van der Waals surface area contributed by atoms with Crippen LogP contribution in [-0.4, -0.2) is 54.6 Å². The van der Waals surface area contributed by atoms with E-state index in [0.717, 1.165) is 18.5 Å². The highest BCUT2D eigenvalue weighted by Crippen LogP contribution is 2.30. The van der Waals surface area contributed by atoms with E-state index in [1.807, 2.05) is 0 Å². The molecule has 3 aliphatic heterocycles. The van der Waals surface area contributed by atoms with Gasteiger partial charge in [-0.15, -0.1) is 0 Å². The highest BCUT2D eigenvalue weighted by atomic mass is 15.2. The van der Waals surface area contributed by atoms with Crippen molar-refractivity contribution in [1.82, 2.24) is 15.1 Å². The van der Waals surface area contributed by atoms with Crippen LogP contribution in [0.25, 0.3) is 0 Å². The molecule has 132 valence electrons. The number of fused-ring (bicyclic) bond motifs is 1. The Morgan fingerprint density at radius 3 is 2.71 bits per heavy atom. The Morgan fingerprint density at radius 2 is 1.79 bits per heavy atom. The van der Waals surface area contributed by atoms with Gasteiger partial charge in [0.1, 0.15) is 0 Å². The topological polar surface area (TPSA) is 18.5 Å². The Morgan fingerprint density at radius 1 is 0.917 bits per heavy atom. The first-order chi connectivity index (χ1) is 11.9. The smallest absolute Gasteiger partial charge is 0.0234 e. The second kappa shape index (κ2) is 7.99. The predicted molar refractivity (Wildman–Crippen MR) is 100 cm³/mol. The number of rotatable bonds is 5. The van der Waals surface area contributed by atoms with Gasteiger partial charge in [0.25, 0.3) is 0 Å². The van der Waals surface area contributed by atoms with Crippen molar-refractivity contribution in [1.29, 1.82) is 0 Å². The zero-order valence-electron chi connectivity index (χ0n) is 15.0. The summed E-state index contributed by atoms with van der Waals surface area (Å²) in [5.74, 6) is 0.891. The van der Waals surface area contributed by atoms with Crippen LogP contribution >= 0.6 is 0 Å². The van der Waals surface area contributed by atoms with Crippen LogP contribution in [0.3, 0.4) is 0 Å². The minimum absolute atomic E-state index is 0.702. The molecule has 3 heterocycles. The van der Waals surface area contributed by atoms with Crippen LogP contribution in [0.5, 0.6) is 0 Å². The summed E-state index contributed by atoms with van der Waals surface area (Å²) in [4.78, 5) is 5.40. The monoisotopic (exact) mass is 327 g/mol. The molecule has 3 nitrogen and oxygen atoms in total. The summed E-state index contributed by atoms with van der Waals surface area (Å²) < 4.78 is 0. The molecule has 0 unspecified atom stereocenters. The largest absolute Gasteiger partial charge is 0.312 e. The molecule has 24 heavy (non-hydrogen) atoms. The maximum Gasteiger partial charge on any atom is 0.0234 e. The lowest BCUT2D eigenvalue weighted by molar-refractivity contribution is 0.0583. The first kappa shape index (κ1) is 16.6. The molecule has 0 saturated carbocycles. The summed E-state index contributed by atoms with van der Waals surface area (Å²) in [5, 5.41) is 3.93. The van der Waals surface area contributed by atoms with Crippen LogP contribution in [0.1, 0.15) is 44.1 Å². The number of hydrogen-bond acceptors (Lipinski definition) is 3. The summed E-state index contributed by atoms with van der Waals surface area (Å²) in [7, 11) is 0. The van der Waals surface area contributed by atoms with Crippen molar-refractivity contribution in [3.05, 3.63) is 35.9 Å². The number of benzene rings is 1. The maximum atomic E-state index is 3.93. The Kier molecular flexibility index (Phi) is 5.51. The third-order valence-corrected chi connectivity index (χ3v) is 6.42. The van der Waals surface area contributed by atoms with Crippen molar-refractivity contribution in [3.63, 3.8) is 0 Å². The van der Waals surface area contributed by atoms with E-state index in [-0.39, 0.29) is 0 Å². The fourth-order valence-electron chi connectivity index (χ4n) is 5.12. The second-order valence-corrected chi connectivity index (χ2v) is 8.12. The molecule has 0 aromatic heterocycles. The van der Waals surface area contributed by atoms with Crippen molar-refractivity contribution in [3.8, 4) is 0 Å². The van der Waals surface area contributed by atoms with E-state index < -0.39 is 0 Å². The van der Waals surface area contributed by atoms with E-state index in [2.05, 4.69) is 45.4 Å². The van der Waals surface area contributed by atoms with Gasteiger partial charge in [0.05, 0.1) is 0 Å². The molecule has 1 aromatic rings. The molecule has 0 bridgehead atoms. The summed E-state index contributed by atoms with van der Waals surface area (Å²) in [6, 6.07) is 12.5. The molecule has 1 aromatic carbocycles. The van der Waals surface area contributed by atoms with Gasteiger partial charge in [-0.05, 0) is 63.2 Å². The molecule has 4 rings (SSSR count). The SMILES string of the molecule is c1ccc(CN2CC[C@H](NC[C@@H]3CCCN4CCCC[C@H]34)C2)cc1. The lowest BCUT2D eigenvalue weighted by Gasteiger charge is -2.44. The van der Waals surface area contributed by atoms with Gasteiger partial charge in [0.15, 0.2) is 0 Å². The predicted octanol–water partition coefficient (Wildman–Crippen LogP) is 3.12. The number of nitrogens with one attached hydrogen (secondary N) is 1. The van der Waals surface area contributed by atoms with Gasteiger partial charge in [0.2, 0.25) is 0 Å². The highest BCUT2D eigenvalue weighted by molar-refractivity contribution is 5.14. The Bertz CT molecular complexity index is 501. The van der Waals surface area contributed by atoms with Crippen molar-refractivity contribution in [2.24, 2.45) is 5.92 Å². The molecule has 0 spiro atoms. The van der Waals surface area contributed by atoms with Crippen LogP contribution in [0.2, 0.25) is 0 Å². The van der Waals surface area contributed by atoms with E-state index in [9.17, 15) is 0 Å². The van der Waals surface area contributed by atoms with Gasteiger partial charge in [-0.1, -0.05) is 36.8 Å². The van der Waals surface area contributed by atoms with Crippen molar-refractivity contribution >= 4 is 0 Å². The molecule has 0 radical (unpaired) electrons. The Labute approximate surface area is 147 Å². The van der Waals surface area contributed by atoms with Crippen LogP contribution in [-0.2, 0) is 6.54 Å². The number of hydrogen-bond donors (Lipinski definition) is 1. The summed E-state index contributed by atoms with van der Waals surface area (Å²) in [5.41, 5.74) is 1.45. The molecule has 1 N–H and O–H groups in total. The number of likely N-dealkylation sites (tertiary alicyclic amines) is 1. The minimum atomic E-state index is 0.702. The fraction of sp³-hybridized carbons (Fsp3) is 0.714. The zero-order chi connectivity index (χ0) is 16.2. The lowest BCUT2D eigenvalue weighted by Crippen LogP contribution is -2.51. The number of piperidine rings is 2. The van der Waals surface area contributed by atoms with E-state index in [4.69, 9.17) is 0 Å². The Hall–Kier alpha value is -0.900. The van der Waals surface area contributed by atoms with Gasteiger partial charge in [0, 0.05) is 31.7 Å². The quantitative estimate of drug-likeness (QED) is 0.896. The average Bonchev–Trinajstić information content (AvgIpc) is 3.08. The second-order valence-electron chi connectivity index (χ2n) is 8.12. The minimum Gasteiger partial charge on any atom is -0.312 e. The maximum absolute atomic E-state index is 3.93. The third-order valence-electron chi connectivity index (χ3n) is 6.42. The number of nitrogens with zero attached hydrogens (tertiary/aromatic N) is 2. The van der Waals surface area contributed by atoms with Crippen LogP contribution in [0.15, 0.2) is 30.3 Å². The average molecular weight is 328 g/mol. The molecular formula is C21H33N3. The van der Waals surface area contributed by atoms with E-state index in [0.29, 0.717) is 6.04 Å². The van der Waals surface area contributed by atoms with Crippen LogP contribution < -0.4 is 5.32 Å². The summed E-state index contributed by atoms with van der Waals surface area (Å²) in [6.45, 7) is 7.53.